The number of likely N-dealkylation sites (tertiary alicyclic amines) is 1. The molecule has 0 aromatic heterocycles. The van der Waals surface area contributed by atoms with Crippen LogP contribution in [0.2, 0.25) is 0 Å². The standard InChI is InChI=1S/C66H103NO11/c1-5-7-9-11-13-15-17-19-21-23-25-27-29-34-48-74-53-62(75-49-35-30-28-26-24-22-20-18-16-14-12-10-8-6-2)54-76-65(71)67-51-61(78-64(70)47-46-63(68)69)50-58(67)52-77-66(55-36-32-31-33-37-55,56-38-42-59(72-3)43-39-56)57-40-44-60(73-4)45-41-57/h31-33,36-45,58,61-62H,5-30,34-35,46-54H2,1-4H3,(H,68,69)/t58-,61+,62-/m0/s1. The first-order chi connectivity index (χ1) is 38.2. The molecule has 1 fully saturated rings. The van der Waals surface area contributed by atoms with E-state index < -0.39 is 41.9 Å². The van der Waals surface area contributed by atoms with Gasteiger partial charge in [-0.15, -0.1) is 0 Å². The molecule has 12 heteroatoms. The predicted octanol–water partition coefficient (Wildman–Crippen LogP) is 16.4. The maximum atomic E-state index is 14.4. The number of carboxylic acid groups (broad SMARTS) is 1. The molecule has 0 spiro atoms. The van der Waals surface area contributed by atoms with Gasteiger partial charge in [-0.05, 0) is 53.8 Å². The van der Waals surface area contributed by atoms with Crippen LogP contribution in [0.25, 0.3) is 0 Å². The predicted molar refractivity (Wildman–Crippen MR) is 313 cm³/mol. The van der Waals surface area contributed by atoms with Gasteiger partial charge in [0.1, 0.15) is 35.9 Å². The Bertz CT molecular complexity index is 1930. The Morgan fingerprint density at radius 1 is 0.551 bits per heavy atom. The normalized spacial score (nSPS) is 14.8. The largest absolute Gasteiger partial charge is 0.497 e. The second kappa shape index (κ2) is 41.4. The van der Waals surface area contributed by atoms with Crippen LogP contribution in [0, 0.1) is 0 Å². The first-order valence-electron chi connectivity index (χ1n) is 30.8. The Hall–Kier alpha value is -4.65. The number of carbonyl (C=O) groups is 3. The summed E-state index contributed by atoms with van der Waals surface area (Å²) in [6, 6.07) is 24.8. The molecule has 438 valence electrons. The van der Waals surface area contributed by atoms with Gasteiger partial charge >= 0.3 is 18.0 Å². The van der Waals surface area contributed by atoms with Crippen molar-refractivity contribution in [2.45, 2.75) is 237 Å². The molecule has 1 N–H and O–H groups in total. The Morgan fingerprint density at radius 2 is 0.987 bits per heavy atom. The number of ether oxygens (including phenoxy) is 7. The molecular weight excluding hydrogens is 983 g/mol. The fourth-order valence-corrected chi connectivity index (χ4v) is 10.6. The number of carbonyl (C=O) groups excluding carboxylic acids is 2. The molecular formula is C66H103NO11. The first-order valence-corrected chi connectivity index (χ1v) is 30.8. The lowest BCUT2D eigenvalue weighted by molar-refractivity contribution is -0.151. The zero-order chi connectivity index (χ0) is 55.7. The minimum atomic E-state index is -1.16. The summed E-state index contributed by atoms with van der Waals surface area (Å²) in [6.07, 6.45) is 33.9. The van der Waals surface area contributed by atoms with Crippen LogP contribution in [0.4, 0.5) is 4.79 Å². The number of unbranched alkanes of at least 4 members (excludes halogenated alkanes) is 26. The molecule has 1 aliphatic rings. The summed E-state index contributed by atoms with van der Waals surface area (Å²) in [4.78, 5) is 40.3. The molecule has 3 aromatic carbocycles. The first kappa shape index (κ1) is 65.9. The van der Waals surface area contributed by atoms with Crippen molar-refractivity contribution in [2.24, 2.45) is 0 Å². The van der Waals surface area contributed by atoms with E-state index in [1.165, 1.54) is 154 Å². The van der Waals surface area contributed by atoms with E-state index in [-0.39, 0.29) is 39.0 Å². The molecule has 4 rings (SSSR count). The fourth-order valence-electron chi connectivity index (χ4n) is 10.6. The smallest absolute Gasteiger partial charge is 0.410 e. The number of methoxy groups -OCH3 is 2. The average molecular weight is 1090 g/mol. The Kier molecular flexibility index (Phi) is 34.9. The van der Waals surface area contributed by atoms with E-state index in [1.54, 1.807) is 19.1 Å². The molecule has 0 bridgehead atoms. The van der Waals surface area contributed by atoms with Gasteiger partial charge < -0.3 is 38.3 Å². The Morgan fingerprint density at radius 3 is 1.44 bits per heavy atom. The van der Waals surface area contributed by atoms with Gasteiger partial charge in [-0.1, -0.05) is 235 Å². The molecule has 78 heavy (non-hydrogen) atoms. The molecule has 1 amide bonds. The maximum absolute atomic E-state index is 14.4. The minimum Gasteiger partial charge on any atom is -0.497 e. The molecule has 1 aliphatic heterocycles. The van der Waals surface area contributed by atoms with Crippen molar-refractivity contribution in [3.05, 3.63) is 95.6 Å². The highest BCUT2D eigenvalue weighted by Gasteiger charge is 2.43. The lowest BCUT2D eigenvalue weighted by atomic mass is 9.80. The number of nitrogens with zero attached hydrogens (tertiary/aromatic N) is 1. The second-order valence-corrected chi connectivity index (χ2v) is 21.7. The highest BCUT2D eigenvalue weighted by Crippen LogP contribution is 2.42. The van der Waals surface area contributed by atoms with E-state index in [0.717, 1.165) is 42.4 Å². The molecule has 0 unspecified atom stereocenters. The number of amides is 1. The van der Waals surface area contributed by atoms with Gasteiger partial charge in [-0.3, -0.25) is 14.5 Å². The Labute approximate surface area is 471 Å². The van der Waals surface area contributed by atoms with Crippen LogP contribution < -0.4 is 9.47 Å². The number of aliphatic carboxylic acids is 1. The summed E-state index contributed by atoms with van der Waals surface area (Å²) in [5, 5.41) is 9.28. The van der Waals surface area contributed by atoms with E-state index in [1.807, 2.05) is 78.9 Å². The van der Waals surface area contributed by atoms with Gasteiger partial charge in [0.15, 0.2) is 0 Å². The van der Waals surface area contributed by atoms with Crippen molar-refractivity contribution in [1.82, 2.24) is 4.90 Å². The third kappa shape index (κ3) is 26.1. The van der Waals surface area contributed by atoms with Gasteiger partial charge in [0.25, 0.3) is 0 Å². The van der Waals surface area contributed by atoms with E-state index in [9.17, 15) is 19.5 Å². The SMILES string of the molecule is CCCCCCCCCCCCCCCCOC[C@@H](COC(=O)N1C[C@H](OC(=O)CCC(=O)O)C[C@H]1COC(c1ccccc1)(c1ccc(OC)cc1)c1ccc(OC)cc1)OCCCCCCCCCCCCCCCC. The highest BCUT2D eigenvalue weighted by molar-refractivity contribution is 5.76. The summed E-state index contributed by atoms with van der Waals surface area (Å²) >= 11 is 0. The quantitative estimate of drug-likeness (QED) is 0.0328. The van der Waals surface area contributed by atoms with Crippen molar-refractivity contribution < 1.29 is 52.6 Å². The third-order valence-electron chi connectivity index (χ3n) is 15.3. The molecule has 1 heterocycles. The summed E-state index contributed by atoms with van der Waals surface area (Å²) in [5.41, 5.74) is 1.35. The van der Waals surface area contributed by atoms with E-state index >= 15 is 0 Å². The van der Waals surface area contributed by atoms with Crippen molar-refractivity contribution >= 4 is 18.0 Å². The summed E-state index contributed by atoms with van der Waals surface area (Å²) in [6.45, 7) is 6.11. The van der Waals surface area contributed by atoms with Crippen LogP contribution in [0.15, 0.2) is 78.9 Å². The van der Waals surface area contributed by atoms with Crippen LogP contribution in [0.5, 0.6) is 11.5 Å². The number of hydrogen-bond acceptors (Lipinski definition) is 10. The highest BCUT2D eigenvalue weighted by atomic mass is 16.6. The molecule has 3 aromatic rings. The van der Waals surface area contributed by atoms with Crippen LogP contribution >= 0.6 is 0 Å². The molecule has 0 saturated carbocycles. The number of rotatable bonds is 47. The lowest BCUT2D eigenvalue weighted by Crippen LogP contribution is -2.43. The van der Waals surface area contributed by atoms with E-state index in [0.29, 0.717) is 31.3 Å². The number of hydrogen-bond donors (Lipinski definition) is 1. The average Bonchev–Trinajstić information content (AvgIpc) is 3.95. The van der Waals surface area contributed by atoms with Crippen molar-refractivity contribution in [2.75, 3.05) is 53.8 Å². The van der Waals surface area contributed by atoms with Gasteiger partial charge in [0.05, 0.1) is 52.9 Å². The van der Waals surface area contributed by atoms with Crippen molar-refractivity contribution in [3.8, 4) is 11.5 Å². The van der Waals surface area contributed by atoms with Crippen LogP contribution in [-0.4, -0.2) is 100 Å². The maximum Gasteiger partial charge on any atom is 0.410 e. The summed E-state index contributed by atoms with van der Waals surface area (Å²) < 4.78 is 42.9. The van der Waals surface area contributed by atoms with Crippen molar-refractivity contribution in [1.29, 1.82) is 0 Å². The van der Waals surface area contributed by atoms with Gasteiger partial charge in [-0.2, -0.15) is 0 Å². The monoisotopic (exact) mass is 1090 g/mol. The van der Waals surface area contributed by atoms with Crippen LogP contribution in [-0.2, 0) is 38.9 Å². The second-order valence-electron chi connectivity index (χ2n) is 21.7. The van der Waals surface area contributed by atoms with Gasteiger partial charge in [0.2, 0.25) is 0 Å². The Balaban J connectivity index is 1.40. The molecule has 12 nitrogen and oxygen atoms in total. The lowest BCUT2D eigenvalue weighted by Gasteiger charge is -2.37. The van der Waals surface area contributed by atoms with Crippen LogP contribution in [0.3, 0.4) is 0 Å². The number of benzene rings is 3. The zero-order valence-electron chi connectivity index (χ0n) is 48.9. The van der Waals surface area contributed by atoms with Crippen molar-refractivity contribution in [3.63, 3.8) is 0 Å². The minimum absolute atomic E-state index is 0.00499. The van der Waals surface area contributed by atoms with Gasteiger partial charge in [0, 0.05) is 19.6 Å². The fraction of sp³-hybridized carbons (Fsp3) is 0.682. The zero-order valence-corrected chi connectivity index (χ0v) is 48.9. The topological polar surface area (TPSA) is 139 Å². The van der Waals surface area contributed by atoms with E-state index in [4.69, 9.17) is 33.2 Å². The number of carboxylic acids is 1. The molecule has 1 saturated heterocycles. The molecule has 0 aliphatic carbocycles. The van der Waals surface area contributed by atoms with Crippen LogP contribution in [0.1, 0.15) is 230 Å². The van der Waals surface area contributed by atoms with Gasteiger partial charge in [-0.25, -0.2) is 4.79 Å². The van der Waals surface area contributed by atoms with E-state index in [2.05, 4.69) is 13.8 Å². The summed E-state index contributed by atoms with van der Waals surface area (Å²) in [5.74, 6) is -0.348. The molecule has 0 radical (unpaired) electrons. The molecule has 3 atom stereocenters. The number of esters is 1. The third-order valence-corrected chi connectivity index (χ3v) is 15.3. The summed E-state index contributed by atoms with van der Waals surface area (Å²) in [7, 11) is 3.25.